The van der Waals surface area contributed by atoms with Gasteiger partial charge in [-0.25, -0.2) is 0 Å². The standard InChI is InChI=1S/C12H15NO2S/c14-11(16)13-8-12(15)7-3-5-9-4-1-2-6-10(9)12/h1-6,11,13-16H,7-8H2/t11-,12-/m0/s1. The van der Waals surface area contributed by atoms with E-state index in [1.807, 2.05) is 36.4 Å². The maximum atomic E-state index is 10.5. The predicted molar refractivity (Wildman–Crippen MR) is 67.0 cm³/mol. The maximum absolute atomic E-state index is 10.5. The molecule has 0 saturated carbocycles. The molecule has 1 aliphatic carbocycles. The first-order chi connectivity index (χ1) is 7.62. The number of rotatable bonds is 3. The van der Waals surface area contributed by atoms with Crippen molar-refractivity contribution < 1.29 is 10.2 Å². The van der Waals surface area contributed by atoms with Crippen LogP contribution >= 0.6 is 12.6 Å². The molecule has 1 aromatic carbocycles. The van der Waals surface area contributed by atoms with E-state index in [0.717, 1.165) is 11.1 Å². The summed E-state index contributed by atoms with van der Waals surface area (Å²) in [6.45, 7) is 0.277. The largest absolute Gasteiger partial charge is 0.383 e. The van der Waals surface area contributed by atoms with Gasteiger partial charge >= 0.3 is 0 Å². The first kappa shape index (κ1) is 11.7. The molecule has 0 unspecified atom stereocenters. The van der Waals surface area contributed by atoms with Gasteiger partial charge in [0, 0.05) is 6.54 Å². The highest BCUT2D eigenvalue weighted by molar-refractivity contribution is 7.80. The van der Waals surface area contributed by atoms with Crippen molar-refractivity contribution in [3.05, 3.63) is 41.5 Å². The van der Waals surface area contributed by atoms with E-state index >= 15 is 0 Å². The molecule has 4 heteroatoms. The summed E-state index contributed by atoms with van der Waals surface area (Å²) in [5.74, 6) is 0. The number of hydrogen-bond acceptors (Lipinski definition) is 4. The van der Waals surface area contributed by atoms with E-state index in [9.17, 15) is 5.11 Å². The molecular formula is C12H15NO2S. The molecule has 16 heavy (non-hydrogen) atoms. The molecule has 0 aliphatic heterocycles. The van der Waals surface area contributed by atoms with Gasteiger partial charge in [-0.3, -0.25) is 5.32 Å². The predicted octanol–water partition coefficient (Wildman–Crippen LogP) is 1.09. The van der Waals surface area contributed by atoms with Gasteiger partial charge in [-0.15, -0.1) is 12.6 Å². The van der Waals surface area contributed by atoms with E-state index in [1.165, 1.54) is 0 Å². The van der Waals surface area contributed by atoms with Gasteiger partial charge in [0.15, 0.2) is 0 Å². The molecule has 3 N–H and O–H groups in total. The van der Waals surface area contributed by atoms with Crippen molar-refractivity contribution in [2.75, 3.05) is 6.54 Å². The Hall–Kier alpha value is -0.810. The normalized spacial score (nSPS) is 25.2. The highest BCUT2D eigenvalue weighted by Crippen LogP contribution is 2.32. The van der Waals surface area contributed by atoms with Crippen LogP contribution < -0.4 is 5.32 Å². The highest BCUT2D eigenvalue weighted by atomic mass is 32.1. The summed E-state index contributed by atoms with van der Waals surface area (Å²) in [7, 11) is 0. The van der Waals surface area contributed by atoms with Crippen molar-refractivity contribution in [3.63, 3.8) is 0 Å². The molecule has 3 nitrogen and oxygen atoms in total. The highest BCUT2D eigenvalue weighted by Gasteiger charge is 2.31. The summed E-state index contributed by atoms with van der Waals surface area (Å²) in [5.41, 5.74) is 0.0301. The minimum Gasteiger partial charge on any atom is -0.383 e. The third-order valence-corrected chi connectivity index (χ3v) is 2.97. The van der Waals surface area contributed by atoms with Crippen molar-refractivity contribution in [1.29, 1.82) is 0 Å². The van der Waals surface area contributed by atoms with Crippen LogP contribution in [-0.2, 0) is 5.60 Å². The van der Waals surface area contributed by atoms with Crippen LogP contribution in [0.4, 0.5) is 0 Å². The fourth-order valence-corrected chi connectivity index (χ4v) is 2.08. The van der Waals surface area contributed by atoms with Crippen LogP contribution in [0.1, 0.15) is 17.5 Å². The van der Waals surface area contributed by atoms with Crippen LogP contribution in [0.15, 0.2) is 30.3 Å². The number of aliphatic hydroxyl groups is 2. The van der Waals surface area contributed by atoms with Crippen LogP contribution in [-0.4, -0.2) is 22.3 Å². The van der Waals surface area contributed by atoms with E-state index < -0.39 is 11.2 Å². The fraction of sp³-hybridized carbons (Fsp3) is 0.333. The topological polar surface area (TPSA) is 52.5 Å². The average molecular weight is 237 g/mol. The summed E-state index contributed by atoms with van der Waals surface area (Å²) < 4.78 is 0. The Balaban J connectivity index is 2.26. The first-order valence-electron chi connectivity index (χ1n) is 5.20. The van der Waals surface area contributed by atoms with E-state index in [4.69, 9.17) is 5.11 Å². The molecule has 2 atom stereocenters. The Morgan fingerprint density at radius 1 is 1.44 bits per heavy atom. The summed E-state index contributed by atoms with van der Waals surface area (Å²) in [4.78, 5) is 0. The quantitative estimate of drug-likeness (QED) is 0.470. The first-order valence-corrected chi connectivity index (χ1v) is 5.71. The van der Waals surface area contributed by atoms with Crippen LogP contribution in [0.2, 0.25) is 0 Å². The fourth-order valence-electron chi connectivity index (χ4n) is 1.98. The smallest absolute Gasteiger partial charge is 0.150 e. The lowest BCUT2D eigenvalue weighted by Gasteiger charge is -2.32. The third kappa shape index (κ3) is 2.30. The Bertz CT molecular complexity index is 406. The summed E-state index contributed by atoms with van der Waals surface area (Å²) in [5, 5.41) is 22.3. The Morgan fingerprint density at radius 3 is 2.94 bits per heavy atom. The Morgan fingerprint density at radius 2 is 2.19 bits per heavy atom. The van der Waals surface area contributed by atoms with Crippen LogP contribution in [0.5, 0.6) is 0 Å². The van der Waals surface area contributed by atoms with Crippen LogP contribution in [0, 0.1) is 0 Å². The van der Waals surface area contributed by atoms with Crippen LogP contribution in [0.3, 0.4) is 0 Å². The zero-order valence-corrected chi connectivity index (χ0v) is 9.69. The molecule has 1 aliphatic rings. The molecule has 0 radical (unpaired) electrons. The van der Waals surface area contributed by atoms with Gasteiger partial charge in [0.25, 0.3) is 0 Å². The number of benzene rings is 1. The average Bonchev–Trinajstić information content (AvgIpc) is 2.27. The lowest BCUT2D eigenvalue weighted by Crippen LogP contribution is -2.41. The minimum absolute atomic E-state index is 0.277. The lowest BCUT2D eigenvalue weighted by molar-refractivity contribution is 0.0290. The Labute approximate surface area is 100 Å². The maximum Gasteiger partial charge on any atom is 0.150 e. The molecule has 2 rings (SSSR count). The molecule has 0 spiro atoms. The van der Waals surface area contributed by atoms with Gasteiger partial charge in [0.2, 0.25) is 0 Å². The summed E-state index contributed by atoms with van der Waals surface area (Å²) >= 11 is 3.82. The molecule has 86 valence electrons. The van der Waals surface area contributed by atoms with Crippen molar-refractivity contribution in [3.8, 4) is 0 Å². The van der Waals surface area contributed by atoms with Crippen molar-refractivity contribution in [2.24, 2.45) is 0 Å². The van der Waals surface area contributed by atoms with E-state index in [1.54, 1.807) is 0 Å². The zero-order chi connectivity index (χ0) is 11.6. The molecule has 1 aromatic rings. The molecule has 0 heterocycles. The second-order valence-electron chi connectivity index (χ2n) is 3.98. The van der Waals surface area contributed by atoms with Crippen molar-refractivity contribution in [1.82, 2.24) is 5.32 Å². The zero-order valence-electron chi connectivity index (χ0n) is 8.80. The number of fused-ring (bicyclic) bond motifs is 1. The van der Waals surface area contributed by atoms with E-state index in [0.29, 0.717) is 6.42 Å². The Kier molecular flexibility index (Phi) is 3.35. The molecule has 0 bridgehead atoms. The monoisotopic (exact) mass is 237 g/mol. The molecule has 0 amide bonds. The SMILES string of the molecule is O[C@@H](S)NC[C@@]1(O)CC=Cc2ccccc21. The number of aliphatic hydroxyl groups excluding tert-OH is 1. The van der Waals surface area contributed by atoms with Crippen molar-refractivity contribution in [2.45, 2.75) is 17.6 Å². The van der Waals surface area contributed by atoms with Crippen molar-refractivity contribution >= 4 is 18.7 Å². The van der Waals surface area contributed by atoms with E-state index in [-0.39, 0.29) is 6.54 Å². The van der Waals surface area contributed by atoms with E-state index in [2.05, 4.69) is 17.9 Å². The number of hydrogen-bond donors (Lipinski definition) is 4. The van der Waals surface area contributed by atoms with Gasteiger partial charge in [-0.1, -0.05) is 36.4 Å². The molecule has 0 fully saturated rings. The third-order valence-electron chi connectivity index (χ3n) is 2.79. The minimum atomic E-state index is -0.963. The number of nitrogens with one attached hydrogen (secondary N) is 1. The van der Waals surface area contributed by atoms with Gasteiger partial charge in [0.1, 0.15) is 11.2 Å². The lowest BCUT2D eigenvalue weighted by atomic mass is 9.83. The molecule has 0 saturated heterocycles. The van der Waals surface area contributed by atoms with Gasteiger partial charge in [-0.2, -0.15) is 0 Å². The van der Waals surface area contributed by atoms with Crippen LogP contribution in [0.25, 0.3) is 6.08 Å². The van der Waals surface area contributed by atoms with Gasteiger partial charge in [-0.05, 0) is 17.5 Å². The summed E-state index contributed by atoms with van der Waals surface area (Å²) in [6, 6.07) is 7.72. The molecular weight excluding hydrogens is 222 g/mol. The van der Waals surface area contributed by atoms with Gasteiger partial charge in [0.05, 0.1) is 0 Å². The second kappa shape index (κ2) is 4.59. The van der Waals surface area contributed by atoms with Gasteiger partial charge < -0.3 is 10.2 Å². The number of thiol groups is 1. The summed E-state index contributed by atoms with van der Waals surface area (Å²) in [6.07, 6.45) is 4.48. The molecule has 0 aromatic heterocycles. The second-order valence-corrected chi connectivity index (χ2v) is 4.47.